The van der Waals surface area contributed by atoms with Gasteiger partial charge in [0.1, 0.15) is 0 Å². The van der Waals surface area contributed by atoms with Crippen LogP contribution in [-0.4, -0.2) is 50.1 Å². The number of hydrogen-bond donors (Lipinski definition) is 0. The van der Waals surface area contributed by atoms with E-state index in [4.69, 9.17) is 4.74 Å². The van der Waals surface area contributed by atoms with Crippen LogP contribution < -0.4 is 0 Å². The van der Waals surface area contributed by atoms with E-state index in [0.29, 0.717) is 25.0 Å². The molecule has 0 aromatic carbocycles. The fourth-order valence-electron chi connectivity index (χ4n) is 0.952. The Morgan fingerprint density at radius 2 is 1.93 bits per heavy atom. The van der Waals surface area contributed by atoms with Gasteiger partial charge < -0.3 is 4.74 Å². The maximum absolute atomic E-state index is 11.8. The van der Waals surface area contributed by atoms with Crippen molar-refractivity contribution in [3.63, 3.8) is 0 Å². The van der Waals surface area contributed by atoms with Gasteiger partial charge in [-0.2, -0.15) is 4.31 Å². The van der Waals surface area contributed by atoms with E-state index in [1.807, 2.05) is 0 Å². The molecule has 14 heavy (non-hydrogen) atoms. The van der Waals surface area contributed by atoms with Crippen molar-refractivity contribution in [3.8, 4) is 0 Å². The van der Waals surface area contributed by atoms with Gasteiger partial charge in [0.15, 0.2) is 0 Å². The van der Waals surface area contributed by atoms with Gasteiger partial charge in [0.2, 0.25) is 10.0 Å². The Morgan fingerprint density at radius 3 is 2.29 bits per heavy atom. The predicted molar refractivity (Wildman–Crippen MR) is 61.3 cm³/mol. The number of alkyl halides is 1. The minimum atomic E-state index is -3.15. The quantitative estimate of drug-likeness (QED) is 0.658. The molecule has 0 unspecified atom stereocenters. The van der Waals surface area contributed by atoms with E-state index >= 15 is 0 Å². The monoisotopic (exact) mass is 287 g/mol. The molecule has 4 nitrogen and oxygen atoms in total. The van der Waals surface area contributed by atoms with Crippen molar-refractivity contribution in [1.82, 2.24) is 4.31 Å². The number of hydrogen-bond acceptors (Lipinski definition) is 3. The minimum absolute atomic E-state index is 0.376. The van der Waals surface area contributed by atoms with E-state index in [1.165, 1.54) is 4.31 Å². The highest BCUT2D eigenvalue weighted by Gasteiger charge is 2.24. The fraction of sp³-hybridized carbons (Fsp3) is 1.00. The molecule has 0 spiro atoms. The van der Waals surface area contributed by atoms with E-state index in [0.717, 1.165) is 0 Å². The standard InChI is InChI=1S/C8H18BrNO3S/c1-8(2)14(11,12)10(5-4-9)6-7-13-3/h8H,4-7H2,1-3H3. The molecule has 0 bridgehead atoms. The molecule has 0 N–H and O–H groups in total. The second kappa shape index (κ2) is 6.76. The summed E-state index contributed by atoms with van der Waals surface area (Å²) in [5, 5.41) is 0.265. The van der Waals surface area contributed by atoms with Gasteiger partial charge >= 0.3 is 0 Å². The number of nitrogens with zero attached hydrogens (tertiary/aromatic N) is 1. The molecule has 0 aromatic heterocycles. The Morgan fingerprint density at radius 1 is 1.36 bits per heavy atom. The maximum atomic E-state index is 11.8. The largest absolute Gasteiger partial charge is 0.383 e. The van der Waals surface area contributed by atoms with E-state index < -0.39 is 10.0 Å². The molecule has 0 aliphatic carbocycles. The highest BCUT2D eigenvalue weighted by molar-refractivity contribution is 9.09. The van der Waals surface area contributed by atoms with Gasteiger partial charge in [0.05, 0.1) is 11.9 Å². The second-order valence-electron chi connectivity index (χ2n) is 3.17. The summed E-state index contributed by atoms with van der Waals surface area (Å²) in [6, 6.07) is 0. The molecular weight excluding hydrogens is 270 g/mol. The van der Waals surface area contributed by atoms with Crippen LogP contribution in [0.2, 0.25) is 0 Å². The highest BCUT2D eigenvalue weighted by Crippen LogP contribution is 2.08. The first-order valence-electron chi connectivity index (χ1n) is 4.50. The van der Waals surface area contributed by atoms with Gasteiger partial charge in [-0.25, -0.2) is 8.42 Å². The number of halogens is 1. The van der Waals surface area contributed by atoms with Crippen LogP contribution in [-0.2, 0) is 14.8 Å². The molecule has 6 heteroatoms. The molecule has 0 saturated heterocycles. The van der Waals surface area contributed by atoms with Gasteiger partial charge in [-0.05, 0) is 13.8 Å². The predicted octanol–water partition coefficient (Wildman–Crippen LogP) is 1.07. The average molecular weight is 288 g/mol. The van der Waals surface area contributed by atoms with E-state index in [9.17, 15) is 8.42 Å². The van der Waals surface area contributed by atoms with E-state index in [2.05, 4.69) is 15.9 Å². The summed E-state index contributed by atoms with van der Waals surface area (Å²) in [6.07, 6.45) is 0. The zero-order valence-electron chi connectivity index (χ0n) is 8.86. The van der Waals surface area contributed by atoms with Gasteiger partial charge in [-0.3, -0.25) is 0 Å². The van der Waals surface area contributed by atoms with E-state index in [1.54, 1.807) is 21.0 Å². The first-order valence-corrected chi connectivity index (χ1v) is 7.13. The summed E-state index contributed by atoms with van der Waals surface area (Å²) in [4.78, 5) is 0. The van der Waals surface area contributed by atoms with Crippen molar-refractivity contribution in [2.45, 2.75) is 19.1 Å². The lowest BCUT2D eigenvalue weighted by molar-refractivity contribution is 0.180. The second-order valence-corrected chi connectivity index (χ2v) is 6.46. The number of rotatable bonds is 7. The van der Waals surface area contributed by atoms with Gasteiger partial charge in [-0.1, -0.05) is 15.9 Å². The summed E-state index contributed by atoms with van der Waals surface area (Å²) in [6.45, 7) is 4.71. The molecule has 0 heterocycles. The average Bonchev–Trinajstić information content (AvgIpc) is 2.11. The third-order valence-corrected chi connectivity index (χ3v) is 4.47. The molecule has 0 aliphatic heterocycles. The van der Waals surface area contributed by atoms with Crippen molar-refractivity contribution < 1.29 is 13.2 Å². The maximum Gasteiger partial charge on any atom is 0.216 e. The van der Waals surface area contributed by atoms with Crippen molar-refractivity contribution in [3.05, 3.63) is 0 Å². The summed E-state index contributed by atoms with van der Waals surface area (Å²) >= 11 is 3.24. The van der Waals surface area contributed by atoms with Crippen LogP contribution in [0.1, 0.15) is 13.8 Å². The molecule has 0 radical (unpaired) electrons. The first-order chi connectivity index (χ1) is 6.46. The van der Waals surface area contributed by atoms with Crippen molar-refractivity contribution in [2.75, 3.05) is 32.1 Å². The van der Waals surface area contributed by atoms with Crippen LogP contribution in [0.15, 0.2) is 0 Å². The van der Waals surface area contributed by atoms with Gasteiger partial charge in [-0.15, -0.1) is 0 Å². The fourth-order valence-corrected chi connectivity index (χ4v) is 2.89. The number of methoxy groups -OCH3 is 1. The van der Waals surface area contributed by atoms with Crippen LogP contribution in [0.25, 0.3) is 0 Å². The Labute approximate surface area is 94.8 Å². The van der Waals surface area contributed by atoms with E-state index in [-0.39, 0.29) is 5.25 Å². The SMILES string of the molecule is COCCN(CCBr)S(=O)(=O)C(C)C. The first kappa shape index (κ1) is 14.3. The molecular formula is C8H18BrNO3S. The molecule has 0 saturated carbocycles. The van der Waals surface area contributed by atoms with Crippen LogP contribution in [0, 0.1) is 0 Å². The third-order valence-electron chi connectivity index (χ3n) is 1.83. The topological polar surface area (TPSA) is 46.6 Å². The minimum Gasteiger partial charge on any atom is -0.383 e. The zero-order chi connectivity index (χ0) is 11.2. The van der Waals surface area contributed by atoms with Crippen LogP contribution >= 0.6 is 15.9 Å². The lowest BCUT2D eigenvalue weighted by atomic mass is 10.6. The normalized spacial score (nSPS) is 12.7. The Kier molecular flexibility index (Phi) is 6.93. The molecule has 0 fully saturated rings. The smallest absolute Gasteiger partial charge is 0.216 e. The zero-order valence-corrected chi connectivity index (χ0v) is 11.3. The molecule has 0 aromatic rings. The lowest BCUT2D eigenvalue weighted by Crippen LogP contribution is -2.39. The molecule has 0 aliphatic rings. The van der Waals surface area contributed by atoms with Gasteiger partial charge in [0, 0.05) is 25.5 Å². The van der Waals surface area contributed by atoms with Crippen molar-refractivity contribution in [1.29, 1.82) is 0 Å². The van der Waals surface area contributed by atoms with Gasteiger partial charge in [0.25, 0.3) is 0 Å². The molecule has 0 atom stereocenters. The summed E-state index contributed by atoms with van der Waals surface area (Å²) < 4.78 is 29.9. The van der Waals surface area contributed by atoms with Crippen LogP contribution in [0.5, 0.6) is 0 Å². The summed E-state index contributed by atoms with van der Waals surface area (Å²) in [5.74, 6) is 0. The Hall–Kier alpha value is 0.350. The highest BCUT2D eigenvalue weighted by atomic mass is 79.9. The summed E-state index contributed by atoms with van der Waals surface area (Å²) in [5.41, 5.74) is 0. The molecule has 86 valence electrons. The summed E-state index contributed by atoms with van der Waals surface area (Å²) in [7, 11) is -1.59. The lowest BCUT2D eigenvalue weighted by Gasteiger charge is -2.22. The number of sulfonamides is 1. The number of ether oxygens (including phenoxy) is 1. The van der Waals surface area contributed by atoms with Crippen molar-refractivity contribution in [2.24, 2.45) is 0 Å². The van der Waals surface area contributed by atoms with Crippen LogP contribution in [0.3, 0.4) is 0 Å². The van der Waals surface area contributed by atoms with Crippen molar-refractivity contribution >= 4 is 26.0 Å². The van der Waals surface area contributed by atoms with Crippen LogP contribution in [0.4, 0.5) is 0 Å². The third kappa shape index (κ3) is 4.25. The molecule has 0 rings (SSSR count). The Balaban J connectivity index is 4.47. The molecule has 0 amide bonds. The Bertz CT molecular complexity index is 241.